The normalized spacial score (nSPS) is 10.7. The van der Waals surface area contributed by atoms with Gasteiger partial charge in [-0.15, -0.1) is 0 Å². The summed E-state index contributed by atoms with van der Waals surface area (Å²) in [6, 6.07) is 15.5. The number of para-hydroxylation sites is 1. The number of carbonyl (C=O) groups is 2. The molecule has 0 spiro atoms. The van der Waals surface area contributed by atoms with Gasteiger partial charge in [0.05, 0.1) is 0 Å². The van der Waals surface area contributed by atoms with Crippen LogP contribution in [0.15, 0.2) is 54.7 Å². The van der Waals surface area contributed by atoms with Gasteiger partial charge in [0.1, 0.15) is 0 Å². The van der Waals surface area contributed by atoms with Gasteiger partial charge in [0.25, 0.3) is 5.91 Å². The third kappa shape index (κ3) is 4.11. The number of aromatic amines is 1. The molecule has 0 bridgehead atoms. The number of aromatic nitrogens is 1. The molecule has 2 N–H and O–H groups in total. The molecule has 0 saturated carbocycles. The van der Waals surface area contributed by atoms with Crippen LogP contribution >= 0.6 is 0 Å². The molecule has 26 heavy (non-hydrogen) atoms. The van der Waals surface area contributed by atoms with E-state index in [9.17, 15) is 9.59 Å². The van der Waals surface area contributed by atoms with Gasteiger partial charge in [-0.3, -0.25) is 9.59 Å². The summed E-state index contributed by atoms with van der Waals surface area (Å²) >= 11 is 0. The second-order valence-corrected chi connectivity index (χ2v) is 6.53. The highest BCUT2D eigenvalue weighted by Gasteiger charge is 2.09. The summed E-state index contributed by atoms with van der Waals surface area (Å²) in [4.78, 5) is 28.8. The molecule has 5 heteroatoms. The van der Waals surface area contributed by atoms with Crippen LogP contribution in [0.25, 0.3) is 10.9 Å². The molecule has 1 aromatic heterocycles. The fourth-order valence-electron chi connectivity index (χ4n) is 2.89. The van der Waals surface area contributed by atoms with Crippen molar-refractivity contribution in [1.29, 1.82) is 0 Å². The second-order valence-electron chi connectivity index (χ2n) is 6.53. The highest BCUT2D eigenvalue weighted by Crippen LogP contribution is 2.17. The Kier molecular flexibility index (Phi) is 5.37. The van der Waals surface area contributed by atoms with E-state index in [1.165, 1.54) is 0 Å². The number of nitrogens with zero attached hydrogens (tertiary/aromatic N) is 1. The summed E-state index contributed by atoms with van der Waals surface area (Å²) in [5.41, 5.74) is 3.86. The third-order valence-corrected chi connectivity index (χ3v) is 4.40. The second kappa shape index (κ2) is 7.87. The van der Waals surface area contributed by atoms with Gasteiger partial charge in [0, 0.05) is 49.7 Å². The first-order valence-electron chi connectivity index (χ1n) is 8.67. The highest BCUT2D eigenvalue weighted by atomic mass is 16.2. The van der Waals surface area contributed by atoms with Crippen molar-refractivity contribution in [2.24, 2.45) is 0 Å². The predicted octanol–water partition coefficient (Wildman–Crippen LogP) is 3.12. The van der Waals surface area contributed by atoms with Gasteiger partial charge in [-0.2, -0.15) is 0 Å². The summed E-state index contributed by atoms with van der Waals surface area (Å²) < 4.78 is 0. The van der Waals surface area contributed by atoms with Crippen LogP contribution in [0.3, 0.4) is 0 Å². The molecular formula is C21H23N3O2. The monoisotopic (exact) mass is 349 g/mol. The van der Waals surface area contributed by atoms with E-state index >= 15 is 0 Å². The number of H-pyrrole nitrogens is 1. The summed E-state index contributed by atoms with van der Waals surface area (Å²) in [6.07, 6.45) is 3.00. The van der Waals surface area contributed by atoms with E-state index in [1.54, 1.807) is 19.0 Å². The molecule has 0 aliphatic carbocycles. The maximum atomic E-state index is 12.1. The molecule has 134 valence electrons. The van der Waals surface area contributed by atoms with Crippen molar-refractivity contribution in [2.45, 2.75) is 19.4 Å². The number of fused-ring (bicyclic) bond motifs is 1. The molecule has 0 aliphatic rings. The lowest BCUT2D eigenvalue weighted by atomic mass is 10.1. The minimum absolute atomic E-state index is 0.0173. The van der Waals surface area contributed by atoms with Crippen LogP contribution in [-0.2, 0) is 17.8 Å². The molecule has 5 nitrogen and oxygen atoms in total. The minimum Gasteiger partial charge on any atom is -0.361 e. The van der Waals surface area contributed by atoms with Gasteiger partial charge in [-0.1, -0.05) is 30.3 Å². The zero-order chi connectivity index (χ0) is 18.5. The third-order valence-electron chi connectivity index (χ3n) is 4.40. The van der Waals surface area contributed by atoms with Gasteiger partial charge >= 0.3 is 0 Å². The first kappa shape index (κ1) is 17.7. The Morgan fingerprint density at radius 2 is 1.77 bits per heavy atom. The van der Waals surface area contributed by atoms with Crippen molar-refractivity contribution < 1.29 is 9.59 Å². The Balaban J connectivity index is 1.50. The SMILES string of the molecule is CN(C)C(=O)c1ccc(CCC(=O)NCc2c[nH]c3ccccc23)cc1. The Morgan fingerprint density at radius 1 is 1.04 bits per heavy atom. The Bertz CT molecular complexity index is 910. The Labute approximate surface area is 153 Å². The molecule has 2 amide bonds. The maximum Gasteiger partial charge on any atom is 0.253 e. The number of benzene rings is 2. The zero-order valence-electron chi connectivity index (χ0n) is 15.1. The Morgan fingerprint density at radius 3 is 2.50 bits per heavy atom. The van der Waals surface area contributed by atoms with E-state index in [0.717, 1.165) is 22.0 Å². The average molecular weight is 349 g/mol. The smallest absolute Gasteiger partial charge is 0.253 e. The first-order valence-corrected chi connectivity index (χ1v) is 8.67. The number of carbonyl (C=O) groups excluding carboxylic acids is 2. The molecule has 0 aliphatic heterocycles. The first-order chi connectivity index (χ1) is 12.5. The van der Waals surface area contributed by atoms with Crippen molar-refractivity contribution >= 4 is 22.7 Å². The van der Waals surface area contributed by atoms with Gasteiger partial charge in [0.2, 0.25) is 5.91 Å². The van der Waals surface area contributed by atoms with Crippen LogP contribution < -0.4 is 5.32 Å². The van der Waals surface area contributed by atoms with Crippen molar-refractivity contribution in [3.63, 3.8) is 0 Å². The zero-order valence-corrected chi connectivity index (χ0v) is 15.1. The van der Waals surface area contributed by atoms with E-state index in [0.29, 0.717) is 24.9 Å². The van der Waals surface area contributed by atoms with E-state index in [1.807, 2.05) is 54.7 Å². The summed E-state index contributed by atoms with van der Waals surface area (Å²) in [6.45, 7) is 0.513. The van der Waals surface area contributed by atoms with Crippen molar-refractivity contribution in [3.8, 4) is 0 Å². The predicted molar refractivity (Wildman–Crippen MR) is 103 cm³/mol. The molecule has 0 unspecified atom stereocenters. The number of nitrogens with one attached hydrogen (secondary N) is 2. The number of rotatable bonds is 6. The van der Waals surface area contributed by atoms with Gasteiger partial charge < -0.3 is 15.2 Å². The molecule has 2 aromatic carbocycles. The molecular weight excluding hydrogens is 326 g/mol. The van der Waals surface area contributed by atoms with Crippen LogP contribution in [0.4, 0.5) is 0 Å². The van der Waals surface area contributed by atoms with E-state index in [2.05, 4.69) is 10.3 Å². The van der Waals surface area contributed by atoms with Gasteiger partial charge in [0.15, 0.2) is 0 Å². The molecule has 3 aromatic rings. The lowest BCUT2D eigenvalue weighted by Crippen LogP contribution is -2.23. The molecule has 0 atom stereocenters. The van der Waals surface area contributed by atoms with Crippen LogP contribution in [-0.4, -0.2) is 35.8 Å². The molecule has 0 fully saturated rings. The van der Waals surface area contributed by atoms with Crippen molar-refractivity contribution in [3.05, 3.63) is 71.4 Å². The topological polar surface area (TPSA) is 65.2 Å². The van der Waals surface area contributed by atoms with Crippen LogP contribution in [0.1, 0.15) is 27.9 Å². The fourth-order valence-corrected chi connectivity index (χ4v) is 2.89. The van der Waals surface area contributed by atoms with Crippen molar-refractivity contribution in [1.82, 2.24) is 15.2 Å². The summed E-state index contributed by atoms with van der Waals surface area (Å²) in [7, 11) is 3.46. The molecule has 1 heterocycles. The number of hydrogen-bond donors (Lipinski definition) is 2. The number of aryl methyl sites for hydroxylation is 1. The highest BCUT2D eigenvalue weighted by molar-refractivity contribution is 5.93. The van der Waals surface area contributed by atoms with Crippen LogP contribution in [0.2, 0.25) is 0 Å². The van der Waals surface area contributed by atoms with E-state index in [-0.39, 0.29) is 11.8 Å². The fraction of sp³-hybridized carbons (Fsp3) is 0.238. The largest absolute Gasteiger partial charge is 0.361 e. The standard InChI is InChI=1S/C21H23N3O2/c1-24(2)21(26)16-10-7-15(8-11-16)9-12-20(25)23-14-17-13-22-19-6-4-3-5-18(17)19/h3-8,10-11,13,22H,9,12,14H2,1-2H3,(H,23,25). The molecule has 0 saturated heterocycles. The Hall–Kier alpha value is -3.08. The van der Waals surface area contributed by atoms with Crippen LogP contribution in [0.5, 0.6) is 0 Å². The molecule has 3 rings (SSSR count). The van der Waals surface area contributed by atoms with Gasteiger partial charge in [-0.05, 0) is 35.7 Å². The summed E-state index contributed by atoms with van der Waals surface area (Å²) in [5.74, 6) is -0.00301. The van der Waals surface area contributed by atoms with Crippen LogP contribution in [0, 0.1) is 0 Å². The van der Waals surface area contributed by atoms with E-state index in [4.69, 9.17) is 0 Å². The lowest BCUT2D eigenvalue weighted by Gasteiger charge is -2.10. The summed E-state index contributed by atoms with van der Waals surface area (Å²) in [5, 5.41) is 4.11. The quantitative estimate of drug-likeness (QED) is 0.718. The van der Waals surface area contributed by atoms with Crippen molar-refractivity contribution in [2.75, 3.05) is 14.1 Å². The molecule has 0 radical (unpaired) electrons. The minimum atomic E-state index is -0.0203. The number of amides is 2. The number of hydrogen-bond acceptors (Lipinski definition) is 2. The maximum absolute atomic E-state index is 12.1. The average Bonchev–Trinajstić information content (AvgIpc) is 3.07. The van der Waals surface area contributed by atoms with Gasteiger partial charge in [-0.25, -0.2) is 0 Å². The lowest BCUT2D eigenvalue weighted by molar-refractivity contribution is -0.121. The van der Waals surface area contributed by atoms with E-state index < -0.39 is 0 Å².